The molecule has 1 fully saturated rings. The van der Waals surface area contributed by atoms with Crippen molar-refractivity contribution in [2.45, 2.75) is 43.4 Å². The molecule has 1 aromatic heterocycles. The molecule has 2 heterocycles. The molecule has 39 heavy (non-hydrogen) atoms. The second-order valence-corrected chi connectivity index (χ2v) is 12.5. The molecule has 1 saturated heterocycles. The van der Waals surface area contributed by atoms with Crippen molar-refractivity contribution in [2.24, 2.45) is 0 Å². The number of hydrogen-bond acceptors (Lipinski definition) is 5. The number of carbonyl (C=O) groups is 1. The molecular weight excluding hydrogens is 506 g/mol. The first-order valence-corrected chi connectivity index (χ1v) is 15.2. The van der Waals surface area contributed by atoms with Gasteiger partial charge in [0.1, 0.15) is 0 Å². The minimum Gasteiger partial charge on any atom is -0.337 e. The predicted molar refractivity (Wildman–Crippen MR) is 155 cm³/mol. The van der Waals surface area contributed by atoms with Gasteiger partial charge in [-0.2, -0.15) is 0 Å². The number of amides is 1. The number of hydrogen-bond donors (Lipinski definition) is 0. The van der Waals surface area contributed by atoms with Crippen LogP contribution in [0.1, 0.15) is 53.2 Å². The Kier molecular flexibility index (Phi) is 8.10. The zero-order valence-electron chi connectivity index (χ0n) is 22.6. The van der Waals surface area contributed by atoms with Crippen molar-refractivity contribution in [3.05, 3.63) is 107 Å². The molecule has 5 rings (SSSR count). The molecule has 0 bridgehead atoms. The van der Waals surface area contributed by atoms with Crippen molar-refractivity contribution in [1.29, 1.82) is 0 Å². The van der Waals surface area contributed by atoms with Gasteiger partial charge in [0, 0.05) is 49.9 Å². The van der Waals surface area contributed by atoms with Crippen LogP contribution in [0.25, 0.3) is 10.9 Å². The van der Waals surface area contributed by atoms with Crippen molar-refractivity contribution in [3.63, 3.8) is 0 Å². The molecule has 0 atom stereocenters. The topological polar surface area (TPSA) is 70.6 Å². The van der Waals surface area contributed by atoms with Crippen LogP contribution in [0.15, 0.2) is 90.0 Å². The summed E-state index contributed by atoms with van der Waals surface area (Å²) in [5, 5.41) is 0.791. The lowest BCUT2D eigenvalue weighted by Crippen LogP contribution is -2.35. The minimum absolute atomic E-state index is 0.00732. The smallest absolute Gasteiger partial charge is 0.253 e. The summed E-state index contributed by atoms with van der Waals surface area (Å²) in [6.45, 7) is 8.51. The van der Waals surface area contributed by atoms with E-state index in [9.17, 15) is 13.2 Å². The van der Waals surface area contributed by atoms with Crippen LogP contribution in [0.5, 0.6) is 0 Å². The summed E-state index contributed by atoms with van der Waals surface area (Å²) in [6, 6.07) is 24.5. The molecule has 1 aliphatic heterocycles. The largest absolute Gasteiger partial charge is 0.337 e. The fourth-order valence-corrected chi connectivity index (χ4v) is 6.90. The van der Waals surface area contributed by atoms with E-state index >= 15 is 0 Å². The van der Waals surface area contributed by atoms with E-state index in [-0.39, 0.29) is 16.6 Å². The number of benzene rings is 3. The lowest BCUT2D eigenvalue weighted by atomic mass is 9.97. The van der Waals surface area contributed by atoms with Gasteiger partial charge in [-0.1, -0.05) is 68.4 Å². The van der Waals surface area contributed by atoms with Crippen molar-refractivity contribution in [2.75, 3.05) is 26.2 Å². The predicted octanol–water partition coefficient (Wildman–Crippen LogP) is 5.68. The monoisotopic (exact) mass is 541 g/mol. The highest BCUT2D eigenvalue weighted by Gasteiger charge is 2.23. The first-order chi connectivity index (χ1) is 18.8. The van der Waals surface area contributed by atoms with Crippen LogP contribution < -0.4 is 0 Å². The zero-order valence-corrected chi connectivity index (χ0v) is 23.4. The van der Waals surface area contributed by atoms with Crippen LogP contribution in [0, 0.1) is 0 Å². The van der Waals surface area contributed by atoms with Gasteiger partial charge in [0.25, 0.3) is 5.91 Å². The van der Waals surface area contributed by atoms with Crippen LogP contribution >= 0.6 is 0 Å². The SMILES string of the molecule is CC(C)c1ccccc1CN1CCCN(C(=O)c2ccc(CS(=O)(=O)c3cccc4cccnc34)cc2)CC1. The fourth-order valence-electron chi connectivity index (χ4n) is 5.36. The Morgan fingerprint density at radius 1 is 0.872 bits per heavy atom. The summed E-state index contributed by atoms with van der Waals surface area (Å²) in [4.78, 5) is 22.2. The maximum absolute atomic E-state index is 13.3. The standard InChI is InChI=1S/C32H35N3O3S/c1-24(2)29-11-4-3-8-28(29)22-34-18-7-19-35(21-20-34)32(36)27-15-13-25(14-16-27)23-39(37,38)30-12-5-9-26-10-6-17-33-31(26)30/h3-6,8-17,24H,7,18-23H2,1-2H3. The number of carbonyl (C=O) groups excluding carboxylic acids is 1. The van der Waals surface area contributed by atoms with E-state index in [0.29, 0.717) is 35.7 Å². The highest BCUT2D eigenvalue weighted by atomic mass is 32.2. The Labute approximate surface area is 231 Å². The van der Waals surface area contributed by atoms with Crippen LogP contribution in [0.2, 0.25) is 0 Å². The molecule has 0 saturated carbocycles. The Hall–Kier alpha value is -3.55. The molecule has 202 valence electrons. The molecule has 0 radical (unpaired) electrons. The second-order valence-electron chi connectivity index (χ2n) is 10.6. The molecule has 3 aromatic carbocycles. The van der Waals surface area contributed by atoms with E-state index in [1.807, 2.05) is 17.0 Å². The van der Waals surface area contributed by atoms with E-state index in [2.05, 4.69) is 48.0 Å². The van der Waals surface area contributed by atoms with Gasteiger partial charge >= 0.3 is 0 Å². The number of rotatable bonds is 7. The number of fused-ring (bicyclic) bond motifs is 1. The molecule has 1 amide bonds. The van der Waals surface area contributed by atoms with E-state index in [0.717, 1.165) is 31.4 Å². The normalized spacial score (nSPS) is 15.0. The molecule has 0 N–H and O–H groups in total. The molecular formula is C32H35N3O3S. The highest BCUT2D eigenvalue weighted by Crippen LogP contribution is 2.25. The van der Waals surface area contributed by atoms with Crippen molar-refractivity contribution in [1.82, 2.24) is 14.8 Å². The van der Waals surface area contributed by atoms with Crippen LogP contribution in [0.3, 0.4) is 0 Å². The van der Waals surface area contributed by atoms with Crippen molar-refractivity contribution < 1.29 is 13.2 Å². The van der Waals surface area contributed by atoms with Gasteiger partial charge in [-0.3, -0.25) is 14.7 Å². The highest BCUT2D eigenvalue weighted by molar-refractivity contribution is 7.90. The van der Waals surface area contributed by atoms with Crippen molar-refractivity contribution >= 4 is 26.6 Å². The van der Waals surface area contributed by atoms with Gasteiger partial charge in [0.05, 0.1) is 16.2 Å². The summed E-state index contributed by atoms with van der Waals surface area (Å²) in [5.41, 5.74) is 4.45. The number of nitrogens with zero attached hydrogens (tertiary/aromatic N) is 3. The van der Waals surface area contributed by atoms with Gasteiger partial charge in [-0.15, -0.1) is 0 Å². The van der Waals surface area contributed by atoms with Crippen LogP contribution in [-0.2, 0) is 22.1 Å². The first-order valence-electron chi connectivity index (χ1n) is 13.6. The maximum Gasteiger partial charge on any atom is 0.253 e. The third kappa shape index (κ3) is 6.21. The third-order valence-corrected chi connectivity index (χ3v) is 9.15. The molecule has 0 aliphatic carbocycles. The fraction of sp³-hybridized carbons (Fsp3) is 0.312. The third-order valence-electron chi connectivity index (χ3n) is 7.44. The quantitative estimate of drug-likeness (QED) is 0.301. The summed E-state index contributed by atoms with van der Waals surface area (Å²) in [6.07, 6.45) is 2.53. The van der Waals surface area contributed by atoms with E-state index in [4.69, 9.17) is 0 Å². The Balaban J connectivity index is 1.23. The van der Waals surface area contributed by atoms with E-state index < -0.39 is 9.84 Å². The Bertz CT molecular complexity index is 1560. The zero-order chi connectivity index (χ0) is 27.4. The van der Waals surface area contributed by atoms with E-state index in [1.54, 1.807) is 48.7 Å². The van der Waals surface area contributed by atoms with Crippen molar-refractivity contribution in [3.8, 4) is 0 Å². The van der Waals surface area contributed by atoms with Gasteiger partial charge < -0.3 is 4.90 Å². The molecule has 1 aliphatic rings. The number of pyridine rings is 1. The molecule has 7 heteroatoms. The summed E-state index contributed by atoms with van der Waals surface area (Å²) in [7, 11) is -3.60. The van der Waals surface area contributed by atoms with E-state index in [1.165, 1.54) is 11.1 Å². The maximum atomic E-state index is 13.3. The number of para-hydroxylation sites is 1. The number of aromatic nitrogens is 1. The first kappa shape index (κ1) is 27.0. The van der Waals surface area contributed by atoms with Gasteiger partial charge in [-0.25, -0.2) is 8.42 Å². The summed E-state index contributed by atoms with van der Waals surface area (Å²) < 4.78 is 26.4. The Morgan fingerprint density at radius 2 is 1.64 bits per heavy atom. The van der Waals surface area contributed by atoms with Gasteiger partial charge in [0.15, 0.2) is 9.84 Å². The van der Waals surface area contributed by atoms with Crippen LogP contribution in [-0.4, -0.2) is 55.3 Å². The molecule has 0 unspecified atom stereocenters. The molecule has 4 aromatic rings. The molecule has 6 nitrogen and oxygen atoms in total. The summed E-state index contributed by atoms with van der Waals surface area (Å²) in [5.74, 6) is 0.327. The molecule has 0 spiro atoms. The van der Waals surface area contributed by atoms with Crippen LogP contribution in [0.4, 0.5) is 0 Å². The lowest BCUT2D eigenvalue weighted by molar-refractivity contribution is 0.0761. The average molecular weight is 542 g/mol. The van der Waals surface area contributed by atoms with Gasteiger partial charge in [0.2, 0.25) is 0 Å². The number of sulfone groups is 1. The average Bonchev–Trinajstić information content (AvgIpc) is 3.18. The minimum atomic E-state index is -3.60. The summed E-state index contributed by atoms with van der Waals surface area (Å²) >= 11 is 0. The Morgan fingerprint density at radius 3 is 2.44 bits per heavy atom. The second kappa shape index (κ2) is 11.7. The lowest BCUT2D eigenvalue weighted by Gasteiger charge is -2.23. The van der Waals surface area contributed by atoms with Gasteiger partial charge in [-0.05, 0) is 53.3 Å².